The molecule has 6 heteroatoms. The number of hydrogen-bond donors (Lipinski definition) is 4. The zero-order chi connectivity index (χ0) is 19.8. The van der Waals surface area contributed by atoms with Gasteiger partial charge in [-0.05, 0) is 61.3 Å². The van der Waals surface area contributed by atoms with E-state index in [-0.39, 0.29) is 35.4 Å². The van der Waals surface area contributed by atoms with E-state index in [2.05, 4.69) is 6.92 Å². The van der Waals surface area contributed by atoms with Gasteiger partial charge in [0.05, 0.1) is 12.2 Å². The van der Waals surface area contributed by atoms with Gasteiger partial charge in [0.15, 0.2) is 17.2 Å². The second-order valence-corrected chi connectivity index (χ2v) is 9.68. The molecule has 0 radical (unpaired) electrons. The van der Waals surface area contributed by atoms with Gasteiger partial charge in [0.2, 0.25) is 0 Å². The van der Waals surface area contributed by atoms with Gasteiger partial charge in [0.25, 0.3) is 0 Å². The molecule has 4 N–H and O–H groups in total. The molecule has 0 aromatic carbocycles. The van der Waals surface area contributed by atoms with Crippen molar-refractivity contribution in [2.24, 2.45) is 28.6 Å². The molecule has 3 fully saturated rings. The van der Waals surface area contributed by atoms with Gasteiger partial charge in [-0.3, -0.25) is 9.59 Å². The molecule has 0 aromatic rings. The lowest BCUT2D eigenvalue weighted by atomic mass is 9.45. The van der Waals surface area contributed by atoms with Crippen molar-refractivity contribution in [3.8, 4) is 0 Å². The van der Waals surface area contributed by atoms with Crippen LogP contribution in [-0.2, 0) is 9.59 Å². The van der Waals surface area contributed by atoms with Crippen LogP contribution >= 0.6 is 0 Å². The van der Waals surface area contributed by atoms with Crippen molar-refractivity contribution in [2.45, 2.75) is 70.2 Å². The topological polar surface area (TPSA) is 115 Å². The lowest BCUT2D eigenvalue weighted by Crippen LogP contribution is -2.64. The molecule has 0 saturated heterocycles. The highest BCUT2D eigenvalue weighted by Gasteiger charge is 2.71. The molecule has 150 valence electrons. The summed E-state index contributed by atoms with van der Waals surface area (Å²) in [7, 11) is 0. The Kier molecular flexibility index (Phi) is 4.25. The monoisotopic (exact) mass is 378 g/mol. The Morgan fingerprint density at radius 2 is 1.96 bits per heavy atom. The molecule has 4 aliphatic carbocycles. The molecule has 0 amide bonds. The van der Waals surface area contributed by atoms with E-state index in [0.717, 1.165) is 18.4 Å². The lowest BCUT2D eigenvalue weighted by Gasteiger charge is -2.60. The van der Waals surface area contributed by atoms with Crippen LogP contribution < -0.4 is 0 Å². The number of aliphatic hydroxyl groups excluding tert-OH is 3. The molecule has 4 aliphatic rings. The van der Waals surface area contributed by atoms with Crippen molar-refractivity contribution in [1.29, 1.82) is 0 Å². The van der Waals surface area contributed by atoms with E-state index < -0.39 is 35.6 Å². The van der Waals surface area contributed by atoms with Crippen LogP contribution in [0.5, 0.6) is 0 Å². The molecule has 0 spiro atoms. The number of carbonyl (C=O) groups is 2. The third-order valence-electron chi connectivity index (χ3n) is 8.69. The van der Waals surface area contributed by atoms with Gasteiger partial charge in [-0.2, -0.15) is 0 Å². The number of allylic oxidation sites excluding steroid dienone is 1. The molecule has 8 atom stereocenters. The van der Waals surface area contributed by atoms with Gasteiger partial charge in [-0.25, -0.2) is 0 Å². The Morgan fingerprint density at radius 3 is 2.63 bits per heavy atom. The number of hydrogen-bond acceptors (Lipinski definition) is 6. The molecule has 1 unspecified atom stereocenters. The van der Waals surface area contributed by atoms with Gasteiger partial charge >= 0.3 is 0 Å². The number of fused-ring (bicyclic) bond motifs is 5. The van der Waals surface area contributed by atoms with Crippen LogP contribution in [0.15, 0.2) is 11.6 Å². The summed E-state index contributed by atoms with van der Waals surface area (Å²) in [5, 5.41) is 42.4. The van der Waals surface area contributed by atoms with Gasteiger partial charge in [0, 0.05) is 11.8 Å². The van der Waals surface area contributed by atoms with Crippen molar-refractivity contribution in [2.75, 3.05) is 6.61 Å². The quantitative estimate of drug-likeness (QED) is 0.564. The Balaban J connectivity index is 1.77. The van der Waals surface area contributed by atoms with Crippen LogP contribution in [0.25, 0.3) is 0 Å². The van der Waals surface area contributed by atoms with E-state index in [1.54, 1.807) is 13.0 Å². The molecular weight excluding hydrogens is 348 g/mol. The minimum absolute atomic E-state index is 0.0533. The molecule has 4 rings (SSSR count). The first-order valence-corrected chi connectivity index (χ1v) is 10.1. The maximum atomic E-state index is 12.4. The highest BCUT2D eigenvalue weighted by atomic mass is 16.4. The minimum atomic E-state index is -2.03. The molecular formula is C21H30O6. The van der Waals surface area contributed by atoms with E-state index in [4.69, 9.17) is 0 Å². The fraction of sp³-hybridized carbons (Fsp3) is 0.810. The minimum Gasteiger partial charge on any atom is -0.393 e. The van der Waals surface area contributed by atoms with Crippen LogP contribution in [0.3, 0.4) is 0 Å². The first-order valence-electron chi connectivity index (χ1n) is 10.1. The van der Waals surface area contributed by atoms with Gasteiger partial charge in [0.1, 0.15) is 6.61 Å². The summed E-state index contributed by atoms with van der Waals surface area (Å²) in [5.41, 5.74) is -2.15. The van der Waals surface area contributed by atoms with Crippen LogP contribution in [0.1, 0.15) is 52.4 Å². The molecule has 0 bridgehead atoms. The maximum Gasteiger partial charge on any atom is 0.192 e. The Bertz CT molecular complexity index is 715. The largest absolute Gasteiger partial charge is 0.393 e. The summed E-state index contributed by atoms with van der Waals surface area (Å²) in [5.74, 6) is -0.726. The van der Waals surface area contributed by atoms with E-state index >= 15 is 0 Å². The Hall–Kier alpha value is -1.08. The van der Waals surface area contributed by atoms with Gasteiger partial charge < -0.3 is 20.4 Å². The first kappa shape index (κ1) is 19.2. The maximum absolute atomic E-state index is 12.4. The molecule has 0 aliphatic heterocycles. The summed E-state index contributed by atoms with van der Waals surface area (Å²) < 4.78 is 0. The number of aliphatic hydroxyl groups is 4. The lowest BCUT2D eigenvalue weighted by molar-refractivity contribution is -0.193. The molecule has 0 aromatic heterocycles. The standard InChI is InChI=1S/C21H30O6/c1-19-6-5-12(23)7-11(19)3-4-13-14-8-16(25)21(27,17(26)10-22)20(14,2)9-15(24)18(13)19/h7,13-16,18,22,24-25,27H,3-6,8-10H2,1-2H3/t13-,14-,15-,16?,18+,19-,20-,21-/m0/s1. The van der Waals surface area contributed by atoms with Crippen LogP contribution in [0.4, 0.5) is 0 Å². The zero-order valence-corrected chi connectivity index (χ0v) is 16.0. The number of Topliss-reactive ketones (excluding diaryl/α,β-unsaturated/α-hetero) is 1. The third kappa shape index (κ3) is 2.27. The summed E-state index contributed by atoms with van der Waals surface area (Å²) in [6.07, 6.45) is 3.01. The third-order valence-corrected chi connectivity index (χ3v) is 8.69. The van der Waals surface area contributed by atoms with Crippen molar-refractivity contribution in [3.05, 3.63) is 11.6 Å². The molecule has 6 nitrogen and oxygen atoms in total. The van der Waals surface area contributed by atoms with Crippen LogP contribution in [-0.4, -0.2) is 56.4 Å². The summed E-state index contributed by atoms with van der Waals surface area (Å²) in [6.45, 7) is 3.08. The van der Waals surface area contributed by atoms with Gasteiger partial charge in [-0.15, -0.1) is 0 Å². The summed E-state index contributed by atoms with van der Waals surface area (Å²) in [4.78, 5) is 24.3. The van der Waals surface area contributed by atoms with Crippen LogP contribution in [0.2, 0.25) is 0 Å². The van der Waals surface area contributed by atoms with E-state index in [9.17, 15) is 30.0 Å². The Morgan fingerprint density at radius 1 is 1.26 bits per heavy atom. The molecule has 0 heterocycles. The van der Waals surface area contributed by atoms with E-state index in [1.807, 2.05) is 0 Å². The normalized spacial score (nSPS) is 51.9. The van der Waals surface area contributed by atoms with Crippen molar-refractivity contribution in [1.82, 2.24) is 0 Å². The SMILES string of the molecule is C[C@]12CCC(=O)C=C1CC[C@@H]1[C@@H]2[C@@H](O)C[C@@]2(C)[C@H]1CC(O)[C@]2(O)C(=O)CO. The van der Waals surface area contributed by atoms with Crippen molar-refractivity contribution in [3.63, 3.8) is 0 Å². The van der Waals surface area contributed by atoms with Crippen LogP contribution in [0, 0.1) is 28.6 Å². The van der Waals surface area contributed by atoms with E-state index in [0.29, 0.717) is 19.3 Å². The Labute approximate surface area is 159 Å². The smallest absolute Gasteiger partial charge is 0.192 e. The predicted octanol–water partition coefficient (Wildman–Crippen LogP) is 0.752. The highest BCUT2D eigenvalue weighted by molar-refractivity contribution is 5.92. The van der Waals surface area contributed by atoms with Crippen molar-refractivity contribution >= 4 is 11.6 Å². The molecule has 27 heavy (non-hydrogen) atoms. The fourth-order valence-electron chi connectivity index (χ4n) is 7.32. The number of ketones is 2. The van der Waals surface area contributed by atoms with E-state index in [1.165, 1.54) is 0 Å². The molecule has 3 saturated carbocycles. The van der Waals surface area contributed by atoms with Gasteiger partial charge in [-0.1, -0.05) is 19.4 Å². The first-order chi connectivity index (χ1) is 12.6. The number of rotatable bonds is 2. The van der Waals surface area contributed by atoms with Crippen molar-refractivity contribution < 1.29 is 30.0 Å². The number of carbonyl (C=O) groups excluding carboxylic acids is 2. The zero-order valence-electron chi connectivity index (χ0n) is 16.0. The highest BCUT2D eigenvalue weighted by Crippen LogP contribution is 2.67. The summed E-state index contributed by atoms with van der Waals surface area (Å²) >= 11 is 0. The second kappa shape index (κ2) is 5.96. The summed E-state index contributed by atoms with van der Waals surface area (Å²) in [6, 6.07) is 0. The fourth-order valence-corrected chi connectivity index (χ4v) is 7.32. The predicted molar refractivity (Wildman–Crippen MR) is 96.5 cm³/mol. The average Bonchev–Trinajstić information content (AvgIpc) is 2.82. The second-order valence-electron chi connectivity index (χ2n) is 9.68. The average molecular weight is 378 g/mol.